The summed E-state index contributed by atoms with van der Waals surface area (Å²) in [6.07, 6.45) is 4.57. The fourth-order valence-corrected chi connectivity index (χ4v) is 4.17. The monoisotopic (exact) mass is 394 g/mol. The highest BCUT2D eigenvalue weighted by Gasteiger charge is 2.28. The molecule has 29 heavy (non-hydrogen) atoms. The van der Waals surface area contributed by atoms with Gasteiger partial charge in [-0.05, 0) is 60.6 Å². The molecule has 1 fully saturated rings. The van der Waals surface area contributed by atoms with Crippen molar-refractivity contribution in [2.75, 3.05) is 13.1 Å². The highest BCUT2D eigenvalue weighted by molar-refractivity contribution is 5.96. The predicted molar refractivity (Wildman–Crippen MR) is 105 cm³/mol. The van der Waals surface area contributed by atoms with Crippen molar-refractivity contribution >= 4 is 12.0 Å². The number of allylic oxidation sites excluding steroid dienone is 1. The molecule has 2 aromatic carbocycles. The summed E-state index contributed by atoms with van der Waals surface area (Å²) < 4.78 is 29.3. The highest BCUT2D eigenvalue weighted by atomic mass is 19.3. The summed E-state index contributed by atoms with van der Waals surface area (Å²) in [4.78, 5) is 14.6. The van der Waals surface area contributed by atoms with E-state index in [0.717, 1.165) is 30.4 Å². The van der Waals surface area contributed by atoms with E-state index in [0.29, 0.717) is 30.1 Å². The molecule has 2 aliphatic rings. The van der Waals surface area contributed by atoms with Gasteiger partial charge in [-0.15, -0.1) is 0 Å². The Balaban J connectivity index is 1.41. The number of halogens is 2. The molecule has 1 aliphatic carbocycles. The first-order chi connectivity index (χ1) is 14.0. The van der Waals surface area contributed by atoms with Crippen molar-refractivity contribution in [3.63, 3.8) is 0 Å². The maximum Gasteiger partial charge on any atom is 0.387 e. The zero-order valence-corrected chi connectivity index (χ0v) is 15.8. The van der Waals surface area contributed by atoms with Crippen molar-refractivity contribution in [1.82, 2.24) is 4.90 Å². The number of hydrogen-bond acceptors (Lipinski definition) is 3. The first-order valence-electron chi connectivity index (χ1n) is 9.62. The van der Waals surface area contributed by atoms with E-state index in [4.69, 9.17) is 0 Å². The van der Waals surface area contributed by atoms with E-state index >= 15 is 0 Å². The molecule has 0 unspecified atom stereocenters. The van der Waals surface area contributed by atoms with Crippen molar-refractivity contribution < 1.29 is 18.3 Å². The molecular formula is C23H20F2N2O2. The molecule has 6 heteroatoms. The first kappa shape index (κ1) is 19.1. The summed E-state index contributed by atoms with van der Waals surface area (Å²) in [5.74, 6) is 0.433. The Labute approximate surface area is 168 Å². The van der Waals surface area contributed by atoms with E-state index in [9.17, 15) is 18.8 Å². The van der Waals surface area contributed by atoms with Crippen molar-refractivity contribution in [1.29, 1.82) is 5.26 Å². The van der Waals surface area contributed by atoms with E-state index in [1.54, 1.807) is 36.4 Å². The third-order valence-electron chi connectivity index (χ3n) is 5.66. The van der Waals surface area contributed by atoms with E-state index in [2.05, 4.69) is 16.9 Å². The van der Waals surface area contributed by atoms with Gasteiger partial charge in [-0.3, -0.25) is 4.79 Å². The largest absolute Gasteiger partial charge is 0.435 e. The Morgan fingerprint density at radius 2 is 1.93 bits per heavy atom. The third-order valence-corrected chi connectivity index (χ3v) is 5.66. The molecule has 1 aliphatic heterocycles. The van der Waals surface area contributed by atoms with Crippen LogP contribution in [0.15, 0.2) is 48.0 Å². The average molecular weight is 394 g/mol. The normalized spacial score (nSPS) is 16.3. The van der Waals surface area contributed by atoms with Crippen molar-refractivity contribution in [2.45, 2.75) is 25.9 Å². The first-order valence-corrected chi connectivity index (χ1v) is 9.62. The fraction of sp³-hybridized carbons (Fsp3) is 0.304. The number of ether oxygens (including phenoxy) is 1. The number of nitrogens with zero attached hydrogens (tertiary/aromatic N) is 2. The van der Waals surface area contributed by atoms with Gasteiger partial charge >= 0.3 is 6.61 Å². The number of hydrogen-bond donors (Lipinski definition) is 0. The standard InChI is InChI=1S/C23H20F2N2O2/c24-23(25)29-20-6-5-16-11-18(12-19(16)13-20)15-7-9-27(10-8-15)22(28)21-4-2-1-3-17(21)14-26/h1-6,12-13,15,23H,7-11H2. The number of amides is 1. The van der Waals surface area contributed by atoms with Gasteiger partial charge in [0.15, 0.2) is 0 Å². The Morgan fingerprint density at radius 1 is 1.17 bits per heavy atom. The van der Waals surface area contributed by atoms with Crippen LogP contribution in [0.2, 0.25) is 0 Å². The smallest absolute Gasteiger partial charge is 0.387 e. The number of alkyl halides is 2. The minimum absolute atomic E-state index is 0.0990. The van der Waals surface area contributed by atoms with Crippen molar-refractivity contribution in [3.05, 3.63) is 70.3 Å². The van der Waals surface area contributed by atoms with Crippen LogP contribution in [0.1, 0.15) is 39.9 Å². The highest BCUT2D eigenvalue weighted by Crippen LogP contribution is 2.36. The Hall–Kier alpha value is -3.20. The van der Waals surface area contributed by atoms with Gasteiger partial charge in [0, 0.05) is 13.1 Å². The summed E-state index contributed by atoms with van der Waals surface area (Å²) in [5, 5.41) is 9.23. The Morgan fingerprint density at radius 3 is 2.66 bits per heavy atom. The Bertz CT molecular complexity index is 1000. The molecule has 0 N–H and O–H groups in total. The second-order valence-corrected chi connectivity index (χ2v) is 7.36. The molecular weight excluding hydrogens is 374 g/mol. The maximum absolute atomic E-state index is 12.8. The summed E-state index contributed by atoms with van der Waals surface area (Å²) in [6, 6.07) is 14.0. The number of carbonyl (C=O) groups excluding carboxylic acids is 1. The topological polar surface area (TPSA) is 53.3 Å². The number of benzene rings is 2. The second kappa shape index (κ2) is 8.04. The molecule has 0 radical (unpaired) electrons. The van der Waals surface area contributed by atoms with Crippen molar-refractivity contribution in [2.24, 2.45) is 5.92 Å². The Kier molecular flexibility index (Phi) is 5.30. The van der Waals surface area contributed by atoms with Gasteiger partial charge in [0.2, 0.25) is 0 Å². The van der Waals surface area contributed by atoms with Crippen LogP contribution in [0.25, 0.3) is 6.08 Å². The molecule has 0 spiro atoms. The SMILES string of the molecule is N#Cc1ccccc1C(=O)N1CCC(C2=Cc3cc(OC(F)F)ccc3C2)CC1. The quantitative estimate of drug-likeness (QED) is 0.758. The summed E-state index contributed by atoms with van der Waals surface area (Å²) in [6.45, 7) is -1.56. The van der Waals surface area contributed by atoms with E-state index < -0.39 is 6.61 Å². The zero-order valence-electron chi connectivity index (χ0n) is 15.8. The van der Waals surface area contributed by atoms with Gasteiger partial charge in [0.25, 0.3) is 5.91 Å². The molecule has 2 aromatic rings. The molecule has 0 atom stereocenters. The number of nitriles is 1. The molecule has 0 aromatic heterocycles. The van der Waals surface area contributed by atoms with Gasteiger partial charge in [-0.25, -0.2) is 0 Å². The minimum Gasteiger partial charge on any atom is -0.435 e. The van der Waals surface area contributed by atoms with E-state index in [1.165, 1.54) is 5.57 Å². The van der Waals surface area contributed by atoms with Crippen LogP contribution in [0, 0.1) is 17.2 Å². The van der Waals surface area contributed by atoms with Gasteiger partial charge < -0.3 is 9.64 Å². The average Bonchev–Trinajstić information content (AvgIpc) is 3.16. The van der Waals surface area contributed by atoms with Crippen LogP contribution in [-0.4, -0.2) is 30.5 Å². The lowest BCUT2D eigenvalue weighted by atomic mass is 9.87. The van der Waals surface area contributed by atoms with Crippen LogP contribution in [0.4, 0.5) is 8.78 Å². The molecule has 1 heterocycles. The lowest BCUT2D eigenvalue weighted by molar-refractivity contribution is -0.0498. The number of piperidine rings is 1. The van der Waals surface area contributed by atoms with Crippen LogP contribution < -0.4 is 4.74 Å². The second-order valence-electron chi connectivity index (χ2n) is 7.36. The lowest BCUT2D eigenvalue weighted by Crippen LogP contribution is -2.39. The molecule has 0 bridgehead atoms. The summed E-state index contributed by atoms with van der Waals surface area (Å²) >= 11 is 0. The van der Waals surface area contributed by atoms with E-state index in [1.807, 2.05) is 11.0 Å². The van der Waals surface area contributed by atoms with Gasteiger partial charge in [0.1, 0.15) is 5.75 Å². The van der Waals surface area contributed by atoms with Gasteiger partial charge in [0.05, 0.1) is 17.2 Å². The number of rotatable bonds is 4. The third kappa shape index (κ3) is 4.00. The lowest BCUT2D eigenvalue weighted by Gasteiger charge is -2.33. The molecule has 1 amide bonds. The fourth-order valence-electron chi connectivity index (χ4n) is 4.17. The number of likely N-dealkylation sites (tertiary alicyclic amines) is 1. The van der Waals surface area contributed by atoms with Crippen LogP contribution in [0.5, 0.6) is 5.75 Å². The van der Waals surface area contributed by atoms with Crippen LogP contribution >= 0.6 is 0 Å². The van der Waals surface area contributed by atoms with E-state index in [-0.39, 0.29) is 11.7 Å². The maximum atomic E-state index is 12.8. The molecule has 1 saturated heterocycles. The van der Waals surface area contributed by atoms with Gasteiger partial charge in [-0.2, -0.15) is 14.0 Å². The zero-order chi connectivity index (χ0) is 20.4. The van der Waals surface area contributed by atoms with Crippen LogP contribution in [0.3, 0.4) is 0 Å². The minimum atomic E-state index is -2.83. The molecule has 4 nitrogen and oxygen atoms in total. The molecule has 0 saturated carbocycles. The predicted octanol–water partition coefficient (Wildman–Crippen LogP) is 4.65. The number of fused-ring (bicyclic) bond motifs is 1. The van der Waals surface area contributed by atoms with Crippen LogP contribution in [-0.2, 0) is 6.42 Å². The summed E-state index contributed by atoms with van der Waals surface area (Å²) in [5.41, 5.74) is 4.17. The van der Waals surface area contributed by atoms with Crippen molar-refractivity contribution in [3.8, 4) is 11.8 Å². The molecule has 4 rings (SSSR count). The summed E-state index contributed by atoms with van der Waals surface area (Å²) in [7, 11) is 0. The van der Waals surface area contributed by atoms with Gasteiger partial charge in [-0.1, -0.05) is 29.8 Å². The molecule has 148 valence electrons. The number of carbonyl (C=O) groups is 1.